The van der Waals surface area contributed by atoms with Crippen LogP contribution in [-0.2, 0) is 0 Å². The number of nitrogens with zero attached hydrogens (tertiary/aromatic N) is 3. The average molecular weight is 435 g/mol. The van der Waals surface area contributed by atoms with Crippen LogP contribution in [0.5, 0.6) is 0 Å². The van der Waals surface area contributed by atoms with Crippen LogP contribution in [0.2, 0.25) is 0 Å². The fourth-order valence-electron chi connectivity index (χ4n) is 1.55. The molecule has 0 bridgehead atoms. The van der Waals surface area contributed by atoms with Crippen LogP contribution in [0.4, 0.5) is 0 Å². The van der Waals surface area contributed by atoms with Crippen molar-refractivity contribution in [3.05, 3.63) is 0 Å². The first-order chi connectivity index (χ1) is 10.2. The molecular formula is C14H24BrCl3N4. The number of hydrogen-bond donors (Lipinski definition) is 1. The van der Waals surface area contributed by atoms with Crippen molar-refractivity contribution in [1.29, 1.82) is 10.5 Å². The second kappa shape index (κ2) is 17.6. The number of halogens is 4. The van der Waals surface area contributed by atoms with Crippen molar-refractivity contribution in [2.24, 2.45) is 11.8 Å². The third kappa shape index (κ3) is 12.8. The van der Waals surface area contributed by atoms with E-state index in [2.05, 4.69) is 38.3 Å². The summed E-state index contributed by atoms with van der Waals surface area (Å²) in [4.78, 5) is 2.26. The van der Waals surface area contributed by atoms with Crippen LogP contribution in [0.25, 0.3) is 0 Å². The van der Waals surface area contributed by atoms with Crippen molar-refractivity contribution in [1.82, 2.24) is 10.2 Å². The maximum Gasteiger partial charge on any atom is 0.0717 e. The number of rotatable bonds is 5. The van der Waals surface area contributed by atoms with E-state index in [9.17, 15) is 0 Å². The highest BCUT2D eigenvalue weighted by Crippen LogP contribution is 2.13. The minimum absolute atomic E-state index is 0. The van der Waals surface area contributed by atoms with Gasteiger partial charge in [-0.05, 0) is 19.4 Å². The summed E-state index contributed by atoms with van der Waals surface area (Å²) in [7, 11) is 0. The number of alkyl halides is 3. The molecule has 0 atom stereocenters. The first-order valence-electron chi connectivity index (χ1n) is 7.12. The van der Waals surface area contributed by atoms with Crippen molar-refractivity contribution in [3.63, 3.8) is 0 Å². The molecule has 2 saturated heterocycles. The quantitative estimate of drug-likeness (QED) is 0.675. The predicted octanol–water partition coefficient (Wildman–Crippen LogP) is 3.23. The molecule has 2 aliphatic rings. The molecule has 128 valence electrons. The molecule has 1 N–H and O–H groups in total. The summed E-state index contributed by atoms with van der Waals surface area (Å²) in [5, 5.41) is 20.5. The molecule has 2 rings (SSSR count). The minimum atomic E-state index is 0. The maximum atomic E-state index is 8.43. The Bertz CT molecular complexity index is 321. The van der Waals surface area contributed by atoms with E-state index in [0.29, 0.717) is 5.92 Å². The normalized spacial score (nSPS) is 17.0. The molecule has 8 heteroatoms. The lowest BCUT2D eigenvalue weighted by Gasteiger charge is -2.34. The Morgan fingerprint density at radius 3 is 1.82 bits per heavy atom. The van der Waals surface area contributed by atoms with Crippen LogP contribution in [0.3, 0.4) is 0 Å². The molecule has 0 aliphatic carbocycles. The number of nitriles is 2. The summed E-state index contributed by atoms with van der Waals surface area (Å²) in [6.07, 6.45) is 2.11. The SMILES string of the molecule is Cl.ClCCCBr.N#CC1CN(CCCCl)C1.N#CC1CNC1. The smallest absolute Gasteiger partial charge is 0.0717 e. The maximum absolute atomic E-state index is 8.43. The molecule has 0 aromatic rings. The fraction of sp³-hybridized carbons (Fsp3) is 0.857. The van der Waals surface area contributed by atoms with Gasteiger partial charge in [-0.1, -0.05) is 15.9 Å². The van der Waals surface area contributed by atoms with Gasteiger partial charge in [-0.25, -0.2) is 0 Å². The van der Waals surface area contributed by atoms with Crippen molar-refractivity contribution >= 4 is 51.5 Å². The minimum Gasteiger partial charge on any atom is -0.314 e. The Balaban J connectivity index is 0. The van der Waals surface area contributed by atoms with Gasteiger partial charge in [0.2, 0.25) is 0 Å². The van der Waals surface area contributed by atoms with Gasteiger partial charge in [0.1, 0.15) is 0 Å². The molecule has 0 saturated carbocycles. The fourth-order valence-corrected chi connectivity index (χ4v) is 2.40. The summed E-state index contributed by atoms with van der Waals surface area (Å²) in [5.74, 6) is 2.10. The van der Waals surface area contributed by atoms with Gasteiger partial charge in [0, 0.05) is 43.3 Å². The molecule has 0 spiro atoms. The van der Waals surface area contributed by atoms with Gasteiger partial charge in [-0.3, -0.25) is 0 Å². The molecular weight excluding hydrogens is 410 g/mol. The summed E-state index contributed by atoms with van der Waals surface area (Å²) >= 11 is 14.0. The van der Waals surface area contributed by atoms with E-state index in [1.165, 1.54) is 0 Å². The van der Waals surface area contributed by atoms with Crippen LogP contribution in [0, 0.1) is 34.5 Å². The van der Waals surface area contributed by atoms with Crippen molar-refractivity contribution in [3.8, 4) is 12.1 Å². The Morgan fingerprint density at radius 1 is 1.05 bits per heavy atom. The second-order valence-electron chi connectivity index (χ2n) is 4.84. The van der Waals surface area contributed by atoms with Crippen molar-refractivity contribution in [2.45, 2.75) is 12.8 Å². The Labute approximate surface area is 158 Å². The van der Waals surface area contributed by atoms with Gasteiger partial charge >= 0.3 is 0 Å². The van der Waals surface area contributed by atoms with Gasteiger partial charge in [-0.2, -0.15) is 10.5 Å². The van der Waals surface area contributed by atoms with E-state index in [0.717, 1.165) is 62.7 Å². The van der Waals surface area contributed by atoms with E-state index in [1.807, 2.05) is 0 Å². The van der Waals surface area contributed by atoms with Gasteiger partial charge < -0.3 is 10.2 Å². The van der Waals surface area contributed by atoms with Crippen LogP contribution < -0.4 is 5.32 Å². The highest BCUT2D eigenvalue weighted by atomic mass is 79.9. The highest BCUT2D eigenvalue weighted by Gasteiger charge is 2.24. The van der Waals surface area contributed by atoms with E-state index in [1.54, 1.807) is 0 Å². The monoisotopic (exact) mass is 432 g/mol. The van der Waals surface area contributed by atoms with Gasteiger partial charge in [0.25, 0.3) is 0 Å². The van der Waals surface area contributed by atoms with Gasteiger partial charge in [-0.15, -0.1) is 35.6 Å². The number of likely N-dealkylation sites (tertiary alicyclic amines) is 1. The summed E-state index contributed by atoms with van der Waals surface area (Å²) < 4.78 is 0. The van der Waals surface area contributed by atoms with Crippen molar-refractivity contribution < 1.29 is 0 Å². The van der Waals surface area contributed by atoms with Gasteiger partial charge in [0.05, 0.1) is 24.0 Å². The molecule has 0 amide bonds. The molecule has 2 fully saturated rings. The molecule has 0 unspecified atom stereocenters. The Hall–Kier alpha value is 0.250. The summed E-state index contributed by atoms with van der Waals surface area (Å²) in [6.45, 7) is 4.76. The molecule has 22 heavy (non-hydrogen) atoms. The molecule has 4 nitrogen and oxygen atoms in total. The van der Waals surface area contributed by atoms with Crippen LogP contribution >= 0.6 is 51.5 Å². The molecule has 0 aromatic heterocycles. The van der Waals surface area contributed by atoms with E-state index in [4.69, 9.17) is 33.7 Å². The van der Waals surface area contributed by atoms with Crippen LogP contribution in [-0.4, -0.2) is 54.7 Å². The number of hydrogen-bond acceptors (Lipinski definition) is 4. The topological polar surface area (TPSA) is 62.9 Å². The third-order valence-corrected chi connectivity index (χ3v) is 4.07. The largest absolute Gasteiger partial charge is 0.314 e. The highest BCUT2D eigenvalue weighted by molar-refractivity contribution is 9.09. The first kappa shape index (κ1) is 24.5. The zero-order chi connectivity index (χ0) is 15.9. The zero-order valence-electron chi connectivity index (χ0n) is 12.6. The summed E-state index contributed by atoms with van der Waals surface area (Å²) in [6, 6.07) is 4.37. The number of nitrogens with one attached hydrogen (secondary N) is 1. The average Bonchev–Trinajstić information content (AvgIpc) is 2.38. The third-order valence-electron chi connectivity index (χ3n) is 2.98. The lowest BCUT2D eigenvalue weighted by atomic mass is 10.0. The molecule has 0 radical (unpaired) electrons. The second-order valence-corrected chi connectivity index (χ2v) is 6.39. The van der Waals surface area contributed by atoms with Crippen molar-refractivity contribution in [2.75, 3.05) is 49.8 Å². The van der Waals surface area contributed by atoms with E-state index in [-0.39, 0.29) is 18.3 Å². The molecule has 2 heterocycles. The summed E-state index contributed by atoms with van der Waals surface area (Å²) in [5.41, 5.74) is 0. The molecule has 0 aromatic carbocycles. The lowest BCUT2D eigenvalue weighted by Crippen LogP contribution is -2.46. The Kier molecular flexibility index (Phi) is 19.6. The standard InChI is InChI=1S/C7H11ClN2.C4H6N2.C3H6BrCl.ClH/c8-2-1-3-10-5-7(4-9)6-10;5-1-4-2-6-3-4;4-2-1-3-5;/h7H,1-3,5-6H2;4,6H,2-3H2;1-3H2;1H. The van der Waals surface area contributed by atoms with Crippen LogP contribution in [0.15, 0.2) is 0 Å². The predicted molar refractivity (Wildman–Crippen MR) is 99.2 cm³/mol. The van der Waals surface area contributed by atoms with E-state index < -0.39 is 0 Å². The lowest BCUT2D eigenvalue weighted by molar-refractivity contribution is 0.136. The molecule has 2 aliphatic heterocycles. The first-order valence-corrected chi connectivity index (χ1v) is 9.31. The zero-order valence-corrected chi connectivity index (χ0v) is 16.5. The van der Waals surface area contributed by atoms with Gasteiger partial charge in [0.15, 0.2) is 0 Å². The van der Waals surface area contributed by atoms with Crippen LogP contribution in [0.1, 0.15) is 12.8 Å². The van der Waals surface area contributed by atoms with E-state index >= 15 is 0 Å². The Morgan fingerprint density at radius 2 is 1.59 bits per heavy atom.